The first-order chi connectivity index (χ1) is 10.1. The summed E-state index contributed by atoms with van der Waals surface area (Å²) in [5, 5.41) is 2.88. The molecule has 0 aliphatic rings. The predicted octanol–water partition coefficient (Wildman–Crippen LogP) is 4.46. The minimum Gasteiger partial charge on any atom is -0.491 e. The zero-order chi connectivity index (χ0) is 15.2. The first-order valence-electron chi connectivity index (χ1n) is 6.82. The van der Waals surface area contributed by atoms with Gasteiger partial charge in [0.1, 0.15) is 5.75 Å². The number of hydrogen-bond acceptors (Lipinski definition) is 2. The molecule has 2 aromatic rings. The van der Waals surface area contributed by atoms with Crippen molar-refractivity contribution in [1.29, 1.82) is 0 Å². The molecule has 1 amide bonds. The van der Waals surface area contributed by atoms with Gasteiger partial charge in [0.2, 0.25) is 0 Å². The van der Waals surface area contributed by atoms with Gasteiger partial charge < -0.3 is 10.1 Å². The molecule has 0 atom stereocenters. The number of amides is 1. The number of anilines is 1. The third-order valence-electron chi connectivity index (χ3n) is 2.88. The lowest BCUT2D eigenvalue weighted by Crippen LogP contribution is -2.13. The Morgan fingerprint density at radius 2 is 1.95 bits per heavy atom. The molecule has 0 radical (unpaired) electrons. The third kappa shape index (κ3) is 4.23. The lowest BCUT2D eigenvalue weighted by atomic mass is 10.1. The summed E-state index contributed by atoms with van der Waals surface area (Å²) in [5.41, 5.74) is 2.17. The molecule has 0 aliphatic carbocycles. The molecule has 0 spiro atoms. The molecule has 1 N–H and O–H groups in total. The van der Waals surface area contributed by atoms with Crippen molar-refractivity contribution < 1.29 is 9.53 Å². The van der Waals surface area contributed by atoms with E-state index in [1.807, 2.05) is 44.2 Å². The van der Waals surface area contributed by atoms with Gasteiger partial charge >= 0.3 is 0 Å². The van der Waals surface area contributed by atoms with Crippen molar-refractivity contribution in [3.8, 4) is 5.75 Å². The fraction of sp³-hybridized carbons (Fsp3) is 0.235. The first kappa shape index (κ1) is 15.4. The maximum absolute atomic E-state index is 12.3. The van der Waals surface area contributed by atoms with Crippen LogP contribution in [0.2, 0.25) is 0 Å². The zero-order valence-corrected chi connectivity index (χ0v) is 12.9. The van der Waals surface area contributed by atoms with Crippen molar-refractivity contribution in [3.63, 3.8) is 0 Å². The lowest BCUT2D eigenvalue weighted by Gasteiger charge is -2.12. The molecule has 0 fully saturated rings. The monoisotopic (exact) mass is 303 g/mol. The second kappa shape index (κ2) is 7.14. The Balaban J connectivity index is 2.16. The molecule has 2 aromatic carbocycles. The fourth-order valence-corrected chi connectivity index (χ4v) is 2.17. The number of hydrogen-bond donors (Lipinski definition) is 1. The Hall–Kier alpha value is -2.00. The Labute approximate surface area is 129 Å². The maximum atomic E-state index is 12.3. The van der Waals surface area contributed by atoms with Crippen LogP contribution in [0.25, 0.3) is 0 Å². The summed E-state index contributed by atoms with van der Waals surface area (Å²) in [7, 11) is 0. The van der Waals surface area contributed by atoms with Crippen LogP contribution in [0.1, 0.15) is 29.8 Å². The van der Waals surface area contributed by atoms with Gasteiger partial charge in [0.15, 0.2) is 0 Å². The van der Waals surface area contributed by atoms with E-state index in [9.17, 15) is 4.79 Å². The number of carbonyl (C=O) groups excluding carboxylic acids is 1. The Morgan fingerprint density at radius 3 is 2.67 bits per heavy atom. The van der Waals surface area contributed by atoms with E-state index < -0.39 is 0 Å². The van der Waals surface area contributed by atoms with Crippen molar-refractivity contribution in [3.05, 3.63) is 59.7 Å². The number of para-hydroxylation sites is 1. The summed E-state index contributed by atoms with van der Waals surface area (Å²) < 4.78 is 5.60. The second-order valence-electron chi connectivity index (χ2n) is 4.94. The topological polar surface area (TPSA) is 38.3 Å². The summed E-state index contributed by atoms with van der Waals surface area (Å²) in [6.07, 6.45) is 0.0697. The van der Waals surface area contributed by atoms with E-state index >= 15 is 0 Å². The van der Waals surface area contributed by atoms with Crippen molar-refractivity contribution in [1.82, 2.24) is 0 Å². The zero-order valence-electron chi connectivity index (χ0n) is 12.1. The fourth-order valence-electron chi connectivity index (χ4n) is 1.94. The van der Waals surface area contributed by atoms with E-state index in [2.05, 4.69) is 5.32 Å². The average molecular weight is 304 g/mol. The SMILES string of the molecule is CC(C)Oc1cccc(C(=O)Nc2ccccc2CCl)c1. The normalized spacial score (nSPS) is 10.5. The van der Waals surface area contributed by atoms with Crippen LogP contribution < -0.4 is 10.1 Å². The van der Waals surface area contributed by atoms with Gasteiger partial charge in [0, 0.05) is 17.1 Å². The maximum Gasteiger partial charge on any atom is 0.255 e. The van der Waals surface area contributed by atoms with E-state index in [1.165, 1.54) is 0 Å². The minimum atomic E-state index is -0.179. The molecule has 0 aromatic heterocycles. The van der Waals surface area contributed by atoms with E-state index in [1.54, 1.807) is 18.2 Å². The van der Waals surface area contributed by atoms with E-state index in [0.717, 1.165) is 11.3 Å². The van der Waals surface area contributed by atoms with Crippen molar-refractivity contribution in [2.75, 3.05) is 5.32 Å². The first-order valence-corrected chi connectivity index (χ1v) is 7.35. The molecule has 21 heavy (non-hydrogen) atoms. The quantitative estimate of drug-likeness (QED) is 0.828. The number of alkyl halides is 1. The molecule has 0 heterocycles. The number of carbonyl (C=O) groups is 1. The smallest absolute Gasteiger partial charge is 0.255 e. The molecule has 110 valence electrons. The second-order valence-corrected chi connectivity index (χ2v) is 5.21. The molecule has 0 saturated carbocycles. The van der Waals surface area contributed by atoms with Crippen LogP contribution in [0.4, 0.5) is 5.69 Å². The number of nitrogens with one attached hydrogen (secondary N) is 1. The third-order valence-corrected chi connectivity index (χ3v) is 3.17. The van der Waals surface area contributed by atoms with Crippen LogP contribution in [-0.2, 0) is 5.88 Å². The summed E-state index contributed by atoms with van der Waals surface area (Å²) in [4.78, 5) is 12.3. The number of rotatable bonds is 5. The van der Waals surface area contributed by atoms with Crippen LogP contribution in [0, 0.1) is 0 Å². The highest BCUT2D eigenvalue weighted by molar-refractivity contribution is 6.17. The molecular weight excluding hydrogens is 286 g/mol. The highest BCUT2D eigenvalue weighted by Gasteiger charge is 2.10. The van der Waals surface area contributed by atoms with Gasteiger partial charge in [0.05, 0.1) is 6.10 Å². The Morgan fingerprint density at radius 1 is 1.19 bits per heavy atom. The molecule has 3 nitrogen and oxygen atoms in total. The van der Waals surface area contributed by atoms with Gasteiger partial charge in [-0.05, 0) is 43.7 Å². The number of benzene rings is 2. The molecule has 4 heteroatoms. The Bertz CT molecular complexity index is 626. The molecule has 0 unspecified atom stereocenters. The van der Waals surface area contributed by atoms with Crippen LogP contribution in [0.15, 0.2) is 48.5 Å². The standard InChI is InChI=1S/C17H18ClNO2/c1-12(2)21-15-8-5-7-13(10-15)17(20)19-16-9-4-3-6-14(16)11-18/h3-10,12H,11H2,1-2H3,(H,19,20). The largest absolute Gasteiger partial charge is 0.491 e. The summed E-state index contributed by atoms with van der Waals surface area (Å²) >= 11 is 5.87. The van der Waals surface area contributed by atoms with Gasteiger partial charge in [-0.1, -0.05) is 24.3 Å². The number of ether oxygens (including phenoxy) is 1. The molecule has 0 aliphatic heterocycles. The van der Waals surface area contributed by atoms with Crippen molar-refractivity contribution >= 4 is 23.2 Å². The summed E-state index contributed by atoms with van der Waals surface area (Å²) in [6, 6.07) is 14.6. The van der Waals surface area contributed by atoms with Crippen LogP contribution in [0.5, 0.6) is 5.75 Å². The van der Waals surface area contributed by atoms with Crippen molar-refractivity contribution in [2.45, 2.75) is 25.8 Å². The summed E-state index contributed by atoms with van der Waals surface area (Å²) in [6.45, 7) is 3.90. The predicted molar refractivity (Wildman–Crippen MR) is 86.2 cm³/mol. The average Bonchev–Trinajstić information content (AvgIpc) is 2.47. The van der Waals surface area contributed by atoms with Gasteiger partial charge in [-0.25, -0.2) is 0 Å². The minimum absolute atomic E-state index is 0.0697. The summed E-state index contributed by atoms with van der Waals surface area (Å²) in [5.74, 6) is 0.859. The van der Waals surface area contributed by atoms with E-state index in [0.29, 0.717) is 17.2 Å². The highest BCUT2D eigenvalue weighted by Crippen LogP contribution is 2.20. The van der Waals surface area contributed by atoms with E-state index in [-0.39, 0.29) is 12.0 Å². The van der Waals surface area contributed by atoms with E-state index in [4.69, 9.17) is 16.3 Å². The lowest BCUT2D eigenvalue weighted by molar-refractivity contribution is 0.102. The van der Waals surface area contributed by atoms with Crippen LogP contribution in [-0.4, -0.2) is 12.0 Å². The van der Waals surface area contributed by atoms with Gasteiger partial charge in [-0.15, -0.1) is 11.6 Å². The van der Waals surface area contributed by atoms with Crippen molar-refractivity contribution in [2.24, 2.45) is 0 Å². The van der Waals surface area contributed by atoms with Gasteiger partial charge in [-0.3, -0.25) is 4.79 Å². The van der Waals surface area contributed by atoms with Crippen LogP contribution in [0.3, 0.4) is 0 Å². The molecule has 0 bridgehead atoms. The van der Waals surface area contributed by atoms with Crippen LogP contribution >= 0.6 is 11.6 Å². The van der Waals surface area contributed by atoms with Gasteiger partial charge in [-0.2, -0.15) is 0 Å². The Kier molecular flexibility index (Phi) is 5.23. The molecule has 2 rings (SSSR count). The molecular formula is C17H18ClNO2. The number of halogens is 1. The van der Waals surface area contributed by atoms with Gasteiger partial charge in [0.25, 0.3) is 5.91 Å². The molecule has 0 saturated heterocycles. The highest BCUT2D eigenvalue weighted by atomic mass is 35.5.